The topological polar surface area (TPSA) is 73.1 Å². The Morgan fingerprint density at radius 3 is 3.08 bits per heavy atom. The summed E-state index contributed by atoms with van der Waals surface area (Å²) < 4.78 is 7.43. The minimum atomic E-state index is 0.123. The van der Waals surface area contributed by atoms with Crippen LogP contribution in [0.15, 0.2) is 37.1 Å². The first-order chi connectivity index (χ1) is 11.8. The lowest BCUT2D eigenvalue weighted by atomic mass is 10.1. The Morgan fingerprint density at radius 1 is 1.33 bits per heavy atom. The van der Waals surface area contributed by atoms with Gasteiger partial charge in [-0.05, 0) is 25.3 Å². The molecular weight excluding hydrogens is 306 g/mol. The van der Waals surface area contributed by atoms with Crippen molar-refractivity contribution in [3.8, 4) is 0 Å². The Morgan fingerprint density at radius 2 is 2.29 bits per heavy atom. The number of nitrogens with zero attached hydrogens (tertiary/aromatic N) is 5. The molecule has 1 atom stereocenters. The summed E-state index contributed by atoms with van der Waals surface area (Å²) in [7, 11) is 0. The molecule has 1 fully saturated rings. The van der Waals surface area contributed by atoms with Gasteiger partial charge in [0.05, 0.1) is 24.9 Å². The Kier molecular flexibility index (Phi) is 5.90. The summed E-state index contributed by atoms with van der Waals surface area (Å²) in [6.45, 7) is 2.66. The molecule has 0 spiro atoms. The first-order valence-electron chi connectivity index (χ1n) is 8.42. The van der Waals surface area contributed by atoms with Crippen LogP contribution in [-0.2, 0) is 22.5 Å². The Bertz CT molecular complexity index is 617. The van der Waals surface area contributed by atoms with E-state index in [1.54, 1.807) is 24.8 Å². The molecule has 3 heterocycles. The third kappa shape index (κ3) is 4.61. The smallest absolute Gasteiger partial charge is 0.223 e. The maximum Gasteiger partial charge on any atom is 0.223 e. The van der Waals surface area contributed by atoms with E-state index in [1.807, 2.05) is 21.8 Å². The van der Waals surface area contributed by atoms with Crippen molar-refractivity contribution < 1.29 is 9.53 Å². The molecule has 0 N–H and O–H groups in total. The zero-order valence-electron chi connectivity index (χ0n) is 13.8. The lowest BCUT2D eigenvalue weighted by Crippen LogP contribution is -2.48. The number of carbonyl (C=O) groups excluding carboxylic acids is 1. The maximum atomic E-state index is 12.6. The molecule has 2 aromatic rings. The standard InChI is InChI=1S/C17H23N5O2/c23-17(3-1-9-21-10-2-6-20-21)22-11-12-24-14-16(22)5-4-15-13-18-7-8-19-15/h2,6-8,10,13,16H,1,3-5,9,11-12,14H2/t16-/m0/s1. The molecule has 1 aliphatic rings. The number of hydrogen-bond acceptors (Lipinski definition) is 5. The second-order valence-electron chi connectivity index (χ2n) is 5.92. The van der Waals surface area contributed by atoms with E-state index in [0.29, 0.717) is 26.2 Å². The molecule has 0 radical (unpaired) electrons. The fourth-order valence-electron chi connectivity index (χ4n) is 2.96. The predicted octanol–water partition coefficient (Wildman–Crippen LogP) is 1.31. The van der Waals surface area contributed by atoms with Gasteiger partial charge >= 0.3 is 0 Å². The summed E-state index contributed by atoms with van der Waals surface area (Å²) in [5.41, 5.74) is 0.953. The fourth-order valence-corrected chi connectivity index (χ4v) is 2.96. The van der Waals surface area contributed by atoms with Gasteiger partial charge in [0.1, 0.15) is 0 Å². The third-order valence-corrected chi connectivity index (χ3v) is 4.24. The van der Waals surface area contributed by atoms with Crippen molar-refractivity contribution in [1.29, 1.82) is 0 Å². The van der Waals surface area contributed by atoms with E-state index in [9.17, 15) is 4.79 Å². The number of aryl methyl sites for hydroxylation is 2. The van der Waals surface area contributed by atoms with Gasteiger partial charge in [-0.1, -0.05) is 0 Å². The van der Waals surface area contributed by atoms with Crippen molar-refractivity contribution in [2.24, 2.45) is 0 Å². The second-order valence-corrected chi connectivity index (χ2v) is 5.92. The van der Waals surface area contributed by atoms with Crippen LogP contribution in [0.25, 0.3) is 0 Å². The SMILES string of the molecule is O=C(CCCn1cccn1)N1CCOC[C@@H]1CCc1cnccn1. The van der Waals surface area contributed by atoms with Crippen LogP contribution < -0.4 is 0 Å². The highest BCUT2D eigenvalue weighted by atomic mass is 16.5. The minimum absolute atomic E-state index is 0.123. The van der Waals surface area contributed by atoms with Gasteiger partial charge < -0.3 is 9.64 Å². The summed E-state index contributed by atoms with van der Waals surface area (Å²) in [5.74, 6) is 0.203. The van der Waals surface area contributed by atoms with Crippen molar-refractivity contribution in [2.75, 3.05) is 19.8 Å². The largest absolute Gasteiger partial charge is 0.377 e. The minimum Gasteiger partial charge on any atom is -0.377 e. The molecule has 1 saturated heterocycles. The molecule has 1 aliphatic heterocycles. The maximum absolute atomic E-state index is 12.6. The number of carbonyl (C=O) groups is 1. The van der Waals surface area contributed by atoms with Crippen molar-refractivity contribution in [1.82, 2.24) is 24.6 Å². The summed E-state index contributed by atoms with van der Waals surface area (Å²) in [6.07, 6.45) is 11.8. The van der Waals surface area contributed by atoms with Crippen molar-refractivity contribution >= 4 is 5.91 Å². The average molecular weight is 329 g/mol. The molecule has 128 valence electrons. The normalized spacial score (nSPS) is 17.8. The Hall–Kier alpha value is -2.28. The quantitative estimate of drug-likeness (QED) is 0.766. The van der Waals surface area contributed by atoms with Crippen LogP contribution in [0.4, 0.5) is 0 Å². The van der Waals surface area contributed by atoms with Gasteiger partial charge in [0, 0.05) is 50.5 Å². The van der Waals surface area contributed by atoms with Gasteiger partial charge in [-0.2, -0.15) is 5.10 Å². The summed E-state index contributed by atoms with van der Waals surface area (Å²) in [4.78, 5) is 22.9. The summed E-state index contributed by atoms with van der Waals surface area (Å²) in [6, 6.07) is 2.02. The second kappa shape index (κ2) is 8.54. The molecule has 1 amide bonds. The molecule has 0 saturated carbocycles. The van der Waals surface area contributed by atoms with Crippen LogP contribution in [0, 0.1) is 0 Å². The highest BCUT2D eigenvalue weighted by molar-refractivity contribution is 5.76. The molecule has 2 aromatic heterocycles. The average Bonchev–Trinajstić information content (AvgIpc) is 3.14. The van der Waals surface area contributed by atoms with Crippen LogP contribution in [0.1, 0.15) is 25.0 Å². The van der Waals surface area contributed by atoms with E-state index in [0.717, 1.165) is 31.5 Å². The molecular formula is C17H23N5O2. The van der Waals surface area contributed by atoms with Crippen molar-refractivity contribution in [3.05, 3.63) is 42.7 Å². The van der Waals surface area contributed by atoms with Crippen LogP contribution in [0.5, 0.6) is 0 Å². The van der Waals surface area contributed by atoms with E-state index < -0.39 is 0 Å². The number of aromatic nitrogens is 4. The molecule has 0 aliphatic carbocycles. The van der Waals surface area contributed by atoms with E-state index in [2.05, 4.69) is 15.1 Å². The zero-order valence-corrected chi connectivity index (χ0v) is 13.8. The molecule has 0 aromatic carbocycles. The molecule has 24 heavy (non-hydrogen) atoms. The molecule has 0 bridgehead atoms. The monoisotopic (exact) mass is 329 g/mol. The van der Waals surface area contributed by atoms with Gasteiger partial charge in [0.15, 0.2) is 0 Å². The summed E-state index contributed by atoms with van der Waals surface area (Å²) >= 11 is 0. The Labute approximate surface area is 141 Å². The van der Waals surface area contributed by atoms with Gasteiger partial charge in [0.25, 0.3) is 0 Å². The van der Waals surface area contributed by atoms with Crippen LogP contribution in [0.2, 0.25) is 0 Å². The number of rotatable bonds is 7. The highest BCUT2D eigenvalue weighted by Gasteiger charge is 2.26. The number of morpholine rings is 1. The molecule has 7 nitrogen and oxygen atoms in total. The lowest BCUT2D eigenvalue weighted by Gasteiger charge is -2.35. The van der Waals surface area contributed by atoms with Crippen LogP contribution >= 0.6 is 0 Å². The van der Waals surface area contributed by atoms with Gasteiger partial charge in [-0.25, -0.2) is 0 Å². The number of hydrogen-bond donors (Lipinski definition) is 0. The van der Waals surface area contributed by atoms with Gasteiger partial charge in [-0.3, -0.25) is 19.4 Å². The molecule has 7 heteroatoms. The fraction of sp³-hybridized carbons (Fsp3) is 0.529. The summed E-state index contributed by atoms with van der Waals surface area (Å²) in [5, 5.41) is 4.16. The van der Waals surface area contributed by atoms with E-state index in [1.165, 1.54) is 0 Å². The van der Waals surface area contributed by atoms with E-state index >= 15 is 0 Å². The lowest BCUT2D eigenvalue weighted by molar-refractivity contribution is -0.140. The van der Waals surface area contributed by atoms with Gasteiger partial charge in [-0.15, -0.1) is 0 Å². The molecule has 0 unspecified atom stereocenters. The van der Waals surface area contributed by atoms with Crippen molar-refractivity contribution in [2.45, 2.75) is 38.3 Å². The Balaban J connectivity index is 1.48. The van der Waals surface area contributed by atoms with E-state index in [-0.39, 0.29) is 11.9 Å². The first kappa shape index (κ1) is 16.6. The van der Waals surface area contributed by atoms with Crippen LogP contribution in [0.3, 0.4) is 0 Å². The van der Waals surface area contributed by atoms with Crippen molar-refractivity contribution in [3.63, 3.8) is 0 Å². The highest BCUT2D eigenvalue weighted by Crippen LogP contribution is 2.15. The van der Waals surface area contributed by atoms with Crippen LogP contribution in [-0.4, -0.2) is 56.4 Å². The van der Waals surface area contributed by atoms with Gasteiger partial charge in [0.2, 0.25) is 5.91 Å². The number of ether oxygens (including phenoxy) is 1. The molecule has 3 rings (SSSR count). The number of amides is 1. The zero-order chi connectivity index (χ0) is 16.6. The third-order valence-electron chi connectivity index (χ3n) is 4.24. The van der Waals surface area contributed by atoms with E-state index in [4.69, 9.17) is 4.74 Å². The predicted molar refractivity (Wildman–Crippen MR) is 88.1 cm³/mol. The first-order valence-corrected chi connectivity index (χ1v) is 8.42.